The zero-order chi connectivity index (χ0) is 8.97. The molecule has 0 unspecified atom stereocenters. The van der Waals surface area contributed by atoms with Gasteiger partial charge in [0.05, 0.1) is 7.11 Å². The van der Waals surface area contributed by atoms with Crippen LogP contribution >= 0.6 is 0 Å². The van der Waals surface area contributed by atoms with E-state index in [1.807, 2.05) is 0 Å². The first-order valence-electron chi connectivity index (χ1n) is 3.29. The minimum Gasteiger partial charge on any atom is -0.467 e. The fourth-order valence-electron chi connectivity index (χ4n) is 0.701. The molecule has 1 rings (SSSR count). The Bertz CT molecular complexity index is 266. The molecule has 0 aliphatic carbocycles. The Morgan fingerprint density at radius 3 is 2.58 bits per heavy atom. The summed E-state index contributed by atoms with van der Waals surface area (Å²) in [5.74, 6) is 0.593. The van der Waals surface area contributed by atoms with Crippen molar-refractivity contribution in [1.29, 1.82) is 0 Å². The summed E-state index contributed by atoms with van der Waals surface area (Å²) in [6, 6.07) is 0.203. The van der Waals surface area contributed by atoms with Crippen molar-refractivity contribution in [3.05, 3.63) is 5.82 Å². The Balaban J connectivity index is 2.90. The van der Waals surface area contributed by atoms with Gasteiger partial charge in [0.2, 0.25) is 5.95 Å². The van der Waals surface area contributed by atoms with Crippen LogP contribution in [0.4, 0.5) is 5.95 Å². The molecule has 0 fully saturated rings. The van der Waals surface area contributed by atoms with Crippen molar-refractivity contribution >= 4 is 5.95 Å². The molecule has 0 saturated heterocycles. The summed E-state index contributed by atoms with van der Waals surface area (Å²) >= 11 is 0. The molecule has 0 saturated carbocycles. The monoisotopic (exact) mass is 170 g/mol. The highest BCUT2D eigenvalue weighted by molar-refractivity contribution is 5.17. The Kier molecular flexibility index (Phi) is 2.76. The number of nitrogen functional groups attached to an aromatic ring is 1. The molecule has 0 aromatic carbocycles. The molecule has 0 spiro atoms. The largest absolute Gasteiger partial charge is 0.467 e. The number of aromatic nitrogens is 3. The molecule has 0 bridgehead atoms. The first-order valence-corrected chi connectivity index (χ1v) is 3.29. The van der Waals surface area contributed by atoms with E-state index < -0.39 is 0 Å². The lowest BCUT2D eigenvalue weighted by atomic mass is 10.6. The molecule has 6 nitrogen and oxygen atoms in total. The number of methoxy groups -OCH3 is 2. The van der Waals surface area contributed by atoms with Crippen LogP contribution in [0.25, 0.3) is 0 Å². The van der Waals surface area contributed by atoms with Crippen molar-refractivity contribution in [2.45, 2.75) is 6.61 Å². The Hall–Kier alpha value is -1.43. The summed E-state index contributed by atoms with van der Waals surface area (Å²) in [5.41, 5.74) is 5.37. The highest BCUT2D eigenvalue weighted by atomic mass is 16.5. The Morgan fingerprint density at radius 1 is 1.25 bits per heavy atom. The highest BCUT2D eigenvalue weighted by Gasteiger charge is 2.02. The lowest BCUT2D eigenvalue weighted by Crippen LogP contribution is -2.05. The van der Waals surface area contributed by atoms with Crippen molar-refractivity contribution in [3.63, 3.8) is 0 Å². The minimum atomic E-state index is 0.133. The van der Waals surface area contributed by atoms with Crippen LogP contribution in [0.1, 0.15) is 5.82 Å². The molecule has 0 radical (unpaired) electrons. The van der Waals surface area contributed by atoms with E-state index in [1.54, 1.807) is 7.11 Å². The van der Waals surface area contributed by atoms with Gasteiger partial charge in [-0.15, -0.1) is 0 Å². The third-order valence-corrected chi connectivity index (χ3v) is 1.13. The molecule has 0 atom stereocenters. The molecule has 1 heterocycles. The summed E-state index contributed by atoms with van der Waals surface area (Å²) in [6.45, 7) is 0.295. The normalized spacial score (nSPS) is 9.83. The maximum atomic E-state index is 5.37. The summed E-state index contributed by atoms with van der Waals surface area (Å²) in [4.78, 5) is 11.4. The van der Waals surface area contributed by atoms with E-state index in [0.717, 1.165) is 0 Å². The molecule has 0 amide bonds. The Labute approximate surface area is 69.8 Å². The van der Waals surface area contributed by atoms with E-state index in [9.17, 15) is 0 Å². The second kappa shape index (κ2) is 3.82. The maximum absolute atomic E-state index is 5.37. The van der Waals surface area contributed by atoms with E-state index >= 15 is 0 Å². The molecule has 0 aliphatic rings. The zero-order valence-corrected chi connectivity index (χ0v) is 6.94. The van der Waals surface area contributed by atoms with Crippen molar-refractivity contribution in [2.24, 2.45) is 0 Å². The third-order valence-electron chi connectivity index (χ3n) is 1.13. The molecular weight excluding hydrogens is 160 g/mol. The number of rotatable bonds is 3. The quantitative estimate of drug-likeness (QED) is 0.665. The standard InChI is InChI=1S/C6H10N4O2/c1-11-3-4-8-5(7)10-6(9-4)12-2/h3H2,1-2H3,(H2,7,8,9,10). The van der Waals surface area contributed by atoms with Crippen LogP contribution in [0.3, 0.4) is 0 Å². The fourth-order valence-corrected chi connectivity index (χ4v) is 0.701. The number of anilines is 1. The average molecular weight is 170 g/mol. The highest BCUT2D eigenvalue weighted by Crippen LogP contribution is 2.04. The maximum Gasteiger partial charge on any atom is 0.321 e. The Morgan fingerprint density at radius 2 is 2.00 bits per heavy atom. The number of hydrogen-bond acceptors (Lipinski definition) is 6. The van der Waals surface area contributed by atoms with Crippen LogP contribution in [0.5, 0.6) is 6.01 Å². The van der Waals surface area contributed by atoms with Crippen molar-refractivity contribution in [1.82, 2.24) is 15.0 Å². The minimum absolute atomic E-state index is 0.133. The molecule has 0 aliphatic heterocycles. The van der Waals surface area contributed by atoms with Crippen molar-refractivity contribution < 1.29 is 9.47 Å². The first-order chi connectivity index (χ1) is 5.76. The average Bonchev–Trinajstić information content (AvgIpc) is 2.04. The van der Waals surface area contributed by atoms with Gasteiger partial charge in [-0.05, 0) is 0 Å². The van der Waals surface area contributed by atoms with Gasteiger partial charge in [0.15, 0.2) is 5.82 Å². The SMILES string of the molecule is COCc1nc(N)nc(OC)n1. The number of nitrogens with zero attached hydrogens (tertiary/aromatic N) is 3. The van der Waals surface area contributed by atoms with Gasteiger partial charge in [-0.3, -0.25) is 0 Å². The van der Waals surface area contributed by atoms with Crippen LogP contribution in [0.2, 0.25) is 0 Å². The van der Waals surface area contributed by atoms with Crippen LogP contribution in [-0.2, 0) is 11.3 Å². The molecule has 2 N–H and O–H groups in total. The number of ether oxygens (including phenoxy) is 2. The van der Waals surface area contributed by atoms with Gasteiger partial charge in [0.25, 0.3) is 0 Å². The van der Waals surface area contributed by atoms with Gasteiger partial charge >= 0.3 is 6.01 Å². The molecular formula is C6H10N4O2. The van der Waals surface area contributed by atoms with E-state index in [1.165, 1.54) is 7.11 Å². The van der Waals surface area contributed by atoms with Crippen LogP contribution in [0, 0.1) is 0 Å². The van der Waals surface area contributed by atoms with Gasteiger partial charge in [-0.1, -0.05) is 0 Å². The van der Waals surface area contributed by atoms with E-state index in [4.69, 9.17) is 15.2 Å². The molecule has 6 heteroatoms. The van der Waals surface area contributed by atoms with Crippen molar-refractivity contribution in [2.75, 3.05) is 20.0 Å². The molecule has 1 aromatic rings. The smallest absolute Gasteiger partial charge is 0.321 e. The third kappa shape index (κ3) is 2.03. The molecule has 66 valence electrons. The molecule has 12 heavy (non-hydrogen) atoms. The number of hydrogen-bond donors (Lipinski definition) is 1. The molecule has 1 aromatic heterocycles. The fraction of sp³-hybridized carbons (Fsp3) is 0.500. The first kappa shape index (κ1) is 8.66. The number of nitrogens with two attached hydrogens (primary N) is 1. The predicted octanol–water partition coefficient (Wildman–Crippen LogP) is -0.391. The van der Waals surface area contributed by atoms with Gasteiger partial charge in [-0.25, -0.2) is 0 Å². The summed E-state index contributed by atoms with van der Waals surface area (Å²) in [6.07, 6.45) is 0. The van der Waals surface area contributed by atoms with Crippen molar-refractivity contribution in [3.8, 4) is 6.01 Å². The topological polar surface area (TPSA) is 83.2 Å². The van der Waals surface area contributed by atoms with E-state index in [2.05, 4.69) is 15.0 Å². The van der Waals surface area contributed by atoms with E-state index in [0.29, 0.717) is 12.4 Å². The summed E-state index contributed by atoms with van der Waals surface area (Å²) in [7, 11) is 3.01. The van der Waals surface area contributed by atoms with Gasteiger partial charge in [0, 0.05) is 7.11 Å². The lowest BCUT2D eigenvalue weighted by Gasteiger charge is -2.01. The van der Waals surface area contributed by atoms with Crippen LogP contribution in [0.15, 0.2) is 0 Å². The zero-order valence-electron chi connectivity index (χ0n) is 6.94. The summed E-state index contributed by atoms with van der Waals surface area (Å²) < 4.78 is 9.60. The van der Waals surface area contributed by atoms with Gasteiger partial charge in [0.1, 0.15) is 6.61 Å². The van der Waals surface area contributed by atoms with Gasteiger partial charge < -0.3 is 15.2 Å². The van der Waals surface area contributed by atoms with E-state index in [-0.39, 0.29) is 12.0 Å². The summed E-state index contributed by atoms with van der Waals surface area (Å²) in [5, 5.41) is 0. The second-order valence-electron chi connectivity index (χ2n) is 2.03. The van der Waals surface area contributed by atoms with Crippen LogP contribution < -0.4 is 10.5 Å². The van der Waals surface area contributed by atoms with Gasteiger partial charge in [-0.2, -0.15) is 15.0 Å². The lowest BCUT2D eigenvalue weighted by molar-refractivity contribution is 0.176. The predicted molar refractivity (Wildman–Crippen MR) is 41.5 cm³/mol. The van der Waals surface area contributed by atoms with Crippen LogP contribution in [-0.4, -0.2) is 29.2 Å². The second-order valence-corrected chi connectivity index (χ2v) is 2.03.